The number of carbonyl (C=O) groups is 1. The number of aryl methyl sites for hydroxylation is 2. The molecule has 3 heterocycles. The molecule has 6 heteroatoms. The molecule has 0 radical (unpaired) electrons. The fourth-order valence-electron chi connectivity index (χ4n) is 4.19. The maximum atomic E-state index is 13.0. The summed E-state index contributed by atoms with van der Waals surface area (Å²) in [5.41, 5.74) is 3.54. The van der Waals surface area contributed by atoms with Crippen LogP contribution in [-0.4, -0.2) is 39.7 Å². The second-order valence-corrected chi connectivity index (χ2v) is 6.97. The highest BCUT2D eigenvalue weighted by molar-refractivity contribution is 5.85. The molecule has 0 aromatic carbocycles. The molecule has 0 spiro atoms. The lowest BCUT2D eigenvalue weighted by Crippen LogP contribution is -2.44. The van der Waals surface area contributed by atoms with Crippen molar-refractivity contribution in [2.24, 2.45) is 13.0 Å². The molecule has 23 heavy (non-hydrogen) atoms. The van der Waals surface area contributed by atoms with E-state index < -0.39 is 0 Å². The summed E-state index contributed by atoms with van der Waals surface area (Å²) in [5.74, 6) is 0.549. The van der Waals surface area contributed by atoms with E-state index in [1.54, 1.807) is 0 Å². The average molecular weight is 341 g/mol. The number of rotatable bonds is 2. The minimum atomic E-state index is 0. The van der Waals surface area contributed by atoms with Crippen LogP contribution >= 0.6 is 12.4 Å². The van der Waals surface area contributed by atoms with Gasteiger partial charge in [-0.1, -0.05) is 0 Å². The second kappa shape index (κ2) is 7.22. The van der Waals surface area contributed by atoms with Gasteiger partial charge in [-0.15, -0.1) is 12.4 Å². The van der Waals surface area contributed by atoms with Crippen LogP contribution in [0.2, 0.25) is 0 Å². The first-order valence-electron chi connectivity index (χ1n) is 8.53. The molecule has 2 aliphatic rings. The first-order chi connectivity index (χ1) is 10.5. The van der Waals surface area contributed by atoms with Crippen LogP contribution in [-0.2, 0) is 11.8 Å². The van der Waals surface area contributed by atoms with E-state index in [1.807, 2.05) is 11.7 Å². The molecule has 0 bridgehead atoms. The molecule has 3 rings (SSSR count). The molecular weight excluding hydrogens is 312 g/mol. The first-order valence-corrected chi connectivity index (χ1v) is 8.53. The third-order valence-electron chi connectivity index (χ3n) is 5.41. The summed E-state index contributed by atoms with van der Waals surface area (Å²) in [6.07, 6.45) is 4.11. The van der Waals surface area contributed by atoms with E-state index in [9.17, 15) is 4.79 Å². The Morgan fingerprint density at radius 1 is 1.30 bits per heavy atom. The fraction of sp³-hybridized carbons (Fsp3) is 0.765. The minimum absolute atomic E-state index is 0. The molecule has 5 nitrogen and oxygen atoms in total. The second-order valence-electron chi connectivity index (χ2n) is 6.97. The van der Waals surface area contributed by atoms with E-state index in [0.717, 1.165) is 44.5 Å². The molecule has 2 fully saturated rings. The van der Waals surface area contributed by atoms with Crippen LogP contribution in [0.5, 0.6) is 0 Å². The van der Waals surface area contributed by atoms with Gasteiger partial charge in [-0.2, -0.15) is 5.10 Å². The van der Waals surface area contributed by atoms with Crippen molar-refractivity contribution in [3.63, 3.8) is 0 Å². The topological polar surface area (TPSA) is 50.2 Å². The number of hydrogen-bond donors (Lipinski definition) is 1. The Kier molecular flexibility index (Phi) is 5.74. The van der Waals surface area contributed by atoms with Crippen LogP contribution < -0.4 is 5.32 Å². The molecule has 1 aromatic rings. The fourth-order valence-corrected chi connectivity index (χ4v) is 4.19. The van der Waals surface area contributed by atoms with Crippen molar-refractivity contribution in [3.05, 3.63) is 17.0 Å². The number of nitrogens with zero attached hydrogens (tertiary/aromatic N) is 3. The Balaban J connectivity index is 0.00000192. The lowest BCUT2D eigenvalue weighted by atomic mass is 9.91. The molecule has 130 valence electrons. The summed E-state index contributed by atoms with van der Waals surface area (Å²) >= 11 is 0. The Bertz CT molecular complexity index is 571. The summed E-state index contributed by atoms with van der Waals surface area (Å²) in [4.78, 5) is 15.2. The molecule has 2 aliphatic heterocycles. The summed E-state index contributed by atoms with van der Waals surface area (Å²) < 4.78 is 1.94. The summed E-state index contributed by atoms with van der Waals surface area (Å²) in [6, 6.07) is 0.678. The maximum absolute atomic E-state index is 13.0. The van der Waals surface area contributed by atoms with Crippen LogP contribution in [0.1, 0.15) is 55.6 Å². The Morgan fingerprint density at radius 3 is 2.65 bits per heavy atom. The van der Waals surface area contributed by atoms with Gasteiger partial charge in [-0.25, -0.2) is 0 Å². The van der Waals surface area contributed by atoms with Gasteiger partial charge in [0.2, 0.25) is 5.91 Å². The van der Waals surface area contributed by atoms with E-state index >= 15 is 0 Å². The Hall–Kier alpha value is -1.07. The zero-order chi connectivity index (χ0) is 15.9. The van der Waals surface area contributed by atoms with Crippen molar-refractivity contribution in [2.45, 2.75) is 58.5 Å². The number of halogens is 1. The Morgan fingerprint density at radius 2 is 2.04 bits per heavy atom. The van der Waals surface area contributed by atoms with Crippen LogP contribution in [0, 0.1) is 19.8 Å². The lowest BCUT2D eigenvalue weighted by molar-refractivity contribution is -0.137. The van der Waals surface area contributed by atoms with Gasteiger partial charge in [0.05, 0.1) is 11.7 Å². The van der Waals surface area contributed by atoms with E-state index in [0.29, 0.717) is 11.9 Å². The number of nitrogens with one attached hydrogen (secondary N) is 1. The molecule has 1 unspecified atom stereocenters. The highest BCUT2D eigenvalue weighted by Crippen LogP contribution is 2.37. The zero-order valence-electron chi connectivity index (χ0n) is 14.6. The van der Waals surface area contributed by atoms with E-state index in [2.05, 4.69) is 36.1 Å². The maximum Gasteiger partial charge on any atom is 0.226 e. The molecule has 1 aromatic heterocycles. The number of aromatic nitrogens is 2. The monoisotopic (exact) mass is 340 g/mol. The van der Waals surface area contributed by atoms with E-state index in [-0.39, 0.29) is 24.4 Å². The Labute approximate surface area is 145 Å². The van der Waals surface area contributed by atoms with Crippen molar-refractivity contribution < 1.29 is 4.79 Å². The van der Waals surface area contributed by atoms with Crippen molar-refractivity contribution in [1.82, 2.24) is 20.0 Å². The van der Waals surface area contributed by atoms with Crippen LogP contribution in [0.15, 0.2) is 0 Å². The number of likely N-dealkylation sites (tertiary alicyclic amines) is 1. The molecule has 1 N–H and O–H groups in total. The lowest BCUT2D eigenvalue weighted by Gasteiger charge is -2.33. The average Bonchev–Trinajstić information content (AvgIpc) is 3.04. The first kappa shape index (κ1) is 18.3. The zero-order valence-corrected chi connectivity index (χ0v) is 15.4. The molecule has 2 saturated heterocycles. The van der Waals surface area contributed by atoms with Gasteiger partial charge < -0.3 is 10.2 Å². The van der Waals surface area contributed by atoms with E-state index in [1.165, 1.54) is 11.3 Å². The molecule has 1 amide bonds. The van der Waals surface area contributed by atoms with Gasteiger partial charge in [0, 0.05) is 36.8 Å². The predicted molar refractivity (Wildman–Crippen MR) is 93.8 cm³/mol. The predicted octanol–water partition coefficient (Wildman–Crippen LogP) is 2.51. The smallest absolute Gasteiger partial charge is 0.226 e. The standard InChI is InChI=1S/C17H28N4O.ClH/c1-11-10-14(7-8-18-11)17(22)21-9-5-6-15(21)16-12(2)19-20(4)13(16)3;/h11,14-15,18H,5-10H2,1-4H3;1H/t11-,14-,15?;/m0./s1. The van der Waals surface area contributed by atoms with Crippen LogP contribution in [0.25, 0.3) is 0 Å². The van der Waals surface area contributed by atoms with Crippen molar-refractivity contribution in [3.8, 4) is 0 Å². The van der Waals surface area contributed by atoms with Gasteiger partial charge in [-0.3, -0.25) is 9.48 Å². The highest BCUT2D eigenvalue weighted by atomic mass is 35.5. The third kappa shape index (κ3) is 3.41. The normalized spacial score (nSPS) is 27.8. The number of piperidine rings is 1. The van der Waals surface area contributed by atoms with Crippen LogP contribution in [0.4, 0.5) is 0 Å². The van der Waals surface area contributed by atoms with Gasteiger partial charge in [0.25, 0.3) is 0 Å². The largest absolute Gasteiger partial charge is 0.335 e. The third-order valence-corrected chi connectivity index (χ3v) is 5.41. The highest BCUT2D eigenvalue weighted by Gasteiger charge is 2.37. The minimum Gasteiger partial charge on any atom is -0.335 e. The van der Waals surface area contributed by atoms with Gasteiger partial charge in [0.1, 0.15) is 0 Å². The van der Waals surface area contributed by atoms with Crippen LogP contribution in [0.3, 0.4) is 0 Å². The number of carbonyl (C=O) groups excluding carboxylic acids is 1. The van der Waals surface area contributed by atoms with Crippen molar-refractivity contribution >= 4 is 18.3 Å². The van der Waals surface area contributed by atoms with Gasteiger partial charge in [0.15, 0.2) is 0 Å². The van der Waals surface area contributed by atoms with E-state index in [4.69, 9.17) is 0 Å². The molecule has 0 saturated carbocycles. The quantitative estimate of drug-likeness (QED) is 0.900. The summed E-state index contributed by atoms with van der Waals surface area (Å²) in [6.45, 7) is 8.21. The van der Waals surface area contributed by atoms with Crippen molar-refractivity contribution in [1.29, 1.82) is 0 Å². The molecular formula is C17H29ClN4O. The molecule has 3 atom stereocenters. The molecule has 0 aliphatic carbocycles. The number of amides is 1. The summed E-state index contributed by atoms with van der Waals surface area (Å²) in [5, 5.41) is 7.98. The van der Waals surface area contributed by atoms with Crippen molar-refractivity contribution in [2.75, 3.05) is 13.1 Å². The summed E-state index contributed by atoms with van der Waals surface area (Å²) in [7, 11) is 1.99. The van der Waals surface area contributed by atoms with Gasteiger partial charge in [-0.05, 0) is 53.0 Å². The number of hydrogen-bond acceptors (Lipinski definition) is 3. The SMILES string of the molecule is Cc1nn(C)c(C)c1C1CCCN1C(=O)[C@H]1CCN[C@@H](C)C1.Cl. The van der Waals surface area contributed by atoms with Gasteiger partial charge >= 0.3 is 0 Å².